The average molecular weight is 277 g/mol. The first-order chi connectivity index (χ1) is 9.29. The van der Waals surface area contributed by atoms with Crippen LogP contribution in [0.5, 0.6) is 0 Å². The van der Waals surface area contributed by atoms with Crippen LogP contribution in [0.15, 0.2) is 30.3 Å². The number of halogens is 1. The number of hydrogen-bond acceptors (Lipinski definition) is 3. The molecule has 0 atom stereocenters. The van der Waals surface area contributed by atoms with Crippen LogP contribution in [0, 0.1) is 0 Å². The van der Waals surface area contributed by atoms with E-state index in [1.807, 2.05) is 24.3 Å². The standard InChI is InChI=1S/C15H17ClN2O/c16-15-13-7-2-1-4-11(13)10-14(17-15)18(8-9-19)12-5-3-6-12/h1-2,4,7,10,12,19H,3,5-6,8-9H2. The molecule has 3 rings (SSSR count). The van der Waals surface area contributed by atoms with Gasteiger partial charge in [0.15, 0.2) is 0 Å². The molecule has 0 aliphatic heterocycles. The molecule has 1 saturated carbocycles. The van der Waals surface area contributed by atoms with Gasteiger partial charge in [0.25, 0.3) is 0 Å². The van der Waals surface area contributed by atoms with Gasteiger partial charge < -0.3 is 10.0 Å². The van der Waals surface area contributed by atoms with Crippen LogP contribution >= 0.6 is 11.6 Å². The maximum absolute atomic E-state index is 9.25. The zero-order chi connectivity index (χ0) is 13.2. The normalized spacial score (nSPS) is 15.5. The van der Waals surface area contributed by atoms with Crippen molar-refractivity contribution in [3.63, 3.8) is 0 Å². The maximum atomic E-state index is 9.25. The lowest BCUT2D eigenvalue weighted by atomic mass is 9.91. The molecule has 0 radical (unpaired) electrons. The zero-order valence-electron chi connectivity index (χ0n) is 10.7. The average Bonchev–Trinajstić information content (AvgIpc) is 2.36. The molecular weight excluding hydrogens is 260 g/mol. The van der Waals surface area contributed by atoms with Crippen molar-refractivity contribution in [2.45, 2.75) is 25.3 Å². The second kappa shape index (κ2) is 5.35. The van der Waals surface area contributed by atoms with Crippen molar-refractivity contribution in [1.29, 1.82) is 0 Å². The van der Waals surface area contributed by atoms with Gasteiger partial charge in [-0.2, -0.15) is 0 Å². The van der Waals surface area contributed by atoms with E-state index in [0.717, 1.165) is 16.6 Å². The van der Waals surface area contributed by atoms with Crippen molar-refractivity contribution in [3.8, 4) is 0 Å². The first-order valence-corrected chi connectivity index (χ1v) is 7.10. The van der Waals surface area contributed by atoms with Crippen molar-refractivity contribution < 1.29 is 5.11 Å². The van der Waals surface area contributed by atoms with Crippen LogP contribution in [0.4, 0.5) is 5.82 Å². The Balaban J connectivity index is 2.02. The summed E-state index contributed by atoms with van der Waals surface area (Å²) in [4.78, 5) is 6.69. The van der Waals surface area contributed by atoms with Gasteiger partial charge in [0, 0.05) is 18.0 Å². The molecule has 1 aromatic carbocycles. The minimum absolute atomic E-state index is 0.141. The Hall–Kier alpha value is -1.32. The van der Waals surface area contributed by atoms with Gasteiger partial charge in [-0.1, -0.05) is 35.9 Å². The fourth-order valence-corrected chi connectivity index (χ4v) is 2.84. The fourth-order valence-electron chi connectivity index (χ4n) is 2.58. The van der Waals surface area contributed by atoms with Gasteiger partial charge in [0.2, 0.25) is 0 Å². The largest absolute Gasteiger partial charge is 0.395 e. The van der Waals surface area contributed by atoms with Gasteiger partial charge in [-0.15, -0.1) is 0 Å². The quantitative estimate of drug-likeness (QED) is 0.871. The lowest BCUT2D eigenvalue weighted by molar-refractivity contribution is 0.283. The molecule has 0 amide bonds. The first-order valence-electron chi connectivity index (χ1n) is 6.72. The van der Waals surface area contributed by atoms with Crippen molar-refractivity contribution in [1.82, 2.24) is 4.98 Å². The van der Waals surface area contributed by atoms with Gasteiger partial charge in [-0.25, -0.2) is 4.98 Å². The highest BCUT2D eigenvalue weighted by molar-refractivity contribution is 6.34. The molecule has 4 heteroatoms. The third-order valence-corrected chi connectivity index (χ3v) is 4.12. The fraction of sp³-hybridized carbons (Fsp3) is 0.400. The molecule has 0 bridgehead atoms. The van der Waals surface area contributed by atoms with Gasteiger partial charge in [-0.05, 0) is 30.7 Å². The number of hydrogen-bond donors (Lipinski definition) is 1. The predicted octanol–water partition coefficient (Wildman–Crippen LogP) is 3.24. The number of aromatic nitrogens is 1. The second-order valence-electron chi connectivity index (χ2n) is 4.99. The van der Waals surface area contributed by atoms with Gasteiger partial charge in [-0.3, -0.25) is 0 Å². The number of pyridine rings is 1. The van der Waals surface area contributed by atoms with Crippen molar-refractivity contribution in [2.75, 3.05) is 18.1 Å². The summed E-state index contributed by atoms with van der Waals surface area (Å²) in [7, 11) is 0. The van der Waals surface area contributed by atoms with Crippen LogP contribution in [0.25, 0.3) is 10.8 Å². The monoisotopic (exact) mass is 276 g/mol. The van der Waals surface area contributed by atoms with E-state index in [1.54, 1.807) is 0 Å². The van der Waals surface area contributed by atoms with Crippen LogP contribution in [0.2, 0.25) is 5.15 Å². The van der Waals surface area contributed by atoms with Crippen LogP contribution in [-0.4, -0.2) is 29.3 Å². The van der Waals surface area contributed by atoms with E-state index in [-0.39, 0.29) is 6.61 Å². The number of nitrogens with zero attached hydrogens (tertiary/aromatic N) is 2. The molecule has 1 fully saturated rings. The third-order valence-electron chi connectivity index (χ3n) is 3.83. The first kappa shape index (κ1) is 12.7. The van der Waals surface area contributed by atoms with Gasteiger partial charge in [0.1, 0.15) is 11.0 Å². The maximum Gasteiger partial charge on any atom is 0.139 e. The zero-order valence-corrected chi connectivity index (χ0v) is 11.5. The Bertz CT molecular complexity index is 583. The highest BCUT2D eigenvalue weighted by Gasteiger charge is 2.26. The summed E-state index contributed by atoms with van der Waals surface area (Å²) in [6, 6.07) is 10.6. The van der Waals surface area contributed by atoms with Crippen LogP contribution < -0.4 is 4.90 Å². The Morgan fingerprint density at radius 2 is 2.11 bits per heavy atom. The van der Waals surface area contributed by atoms with E-state index < -0.39 is 0 Å². The van der Waals surface area contributed by atoms with Crippen LogP contribution in [-0.2, 0) is 0 Å². The molecule has 19 heavy (non-hydrogen) atoms. The Morgan fingerprint density at radius 1 is 1.32 bits per heavy atom. The smallest absolute Gasteiger partial charge is 0.139 e. The summed E-state index contributed by atoms with van der Waals surface area (Å²) in [6.45, 7) is 0.759. The summed E-state index contributed by atoms with van der Waals surface area (Å²) >= 11 is 6.27. The summed E-state index contributed by atoms with van der Waals surface area (Å²) in [5.74, 6) is 0.877. The topological polar surface area (TPSA) is 36.4 Å². The molecule has 1 aliphatic carbocycles. The molecule has 1 aromatic heterocycles. The van der Waals surface area contributed by atoms with E-state index in [9.17, 15) is 5.11 Å². The molecule has 0 saturated heterocycles. The van der Waals surface area contributed by atoms with Crippen molar-refractivity contribution in [2.24, 2.45) is 0 Å². The number of anilines is 1. The van der Waals surface area contributed by atoms with E-state index in [0.29, 0.717) is 17.7 Å². The minimum atomic E-state index is 0.141. The van der Waals surface area contributed by atoms with Crippen molar-refractivity contribution in [3.05, 3.63) is 35.5 Å². The third kappa shape index (κ3) is 2.40. The molecule has 0 spiro atoms. The predicted molar refractivity (Wildman–Crippen MR) is 78.8 cm³/mol. The molecule has 100 valence electrons. The number of aliphatic hydroxyl groups excluding tert-OH is 1. The molecule has 1 N–H and O–H groups in total. The molecule has 1 aliphatic rings. The van der Waals surface area contributed by atoms with E-state index in [4.69, 9.17) is 11.6 Å². The highest BCUT2D eigenvalue weighted by Crippen LogP contribution is 2.32. The van der Waals surface area contributed by atoms with E-state index in [1.165, 1.54) is 19.3 Å². The van der Waals surface area contributed by atoms with Crippen LogP contribution in [0.3, 0.4) is 0 Å². The highest BCUT2D eigenvalue weighted by atomic mass is 35.5. The molecule has 2 aromatic rings. The molecular formula is C15H17ClN2O. The summed E-state index contributed by atoms with van der Waals surface area (Å²) in [5.41, 5.74) is 0. The lowest BCUT2D eigenvalue weighted by Gasteiger charge is -2.38. The number of benzene rings is 1. The Morgan fingerprint density at radius 3 is 2.79 bits per heavy atom. The Labute approximate surface area is 117 Å². The molecule has 1 heterocycles. The summed E-state index contributed by atoms with van der Waals surface area (Å²) in [6.07, 6.45) is 3.60. The van der Waals surface area contributed by atoms with E-state index >= 15 is 0 Å². The summed E-state index contributed by atoms with van der Waals surface area (Å²) in [5, 5.41) is 11.9. The second-order valence-corrected chi connectivity index (χ2v) is 5.35. The number of fused-ring (bicyclic) bond motifs is 1. The number of rotatable bonds is 4. The van der Waals surface area contributed by atoms with Gasteiger partial charge >= 0.3 is 0 Å². The van der Waals surface area contributed by atoms with Gasteiger partial charge in [0.05, 0.1) is 6.61 Å². The van der Waals surface area contributed by atoms with E-state index in [2.05, 4.69) is 16.0 Å². The lowest BCUT2D eigenvalue weighted by Crippen LogP contribution is -2.42. The SMILES string of the molecule is OCCN(c1cc2ccccc2c(Cl)n1)C1CCC1. The number of aliphatic hydroxyl groups is 1. The molecule has 3 nitrogen and oxygen atoms in total. The van der Waals surface area contributed by atoms with Crippen molar-refractivity contribution >= 4 is 28.2 Å². The minimum Gasteiger partial charge on any atom is -0.395 e. The van der Waals surface area contributed by atoms with Crippen LogP contribution in [0.1, 0.15) is 19.3 Å². The summed E-state index contributed by atoms with van der Waals surface area (Å²) < 4.78 is 0. The molecule has 0 unspecified atom stereocenters. The Kier molecular flexibility index (Phi) is 3.58.